The number of amides is 1. The predicted molar refractivity (Wildman–Crippen MR) is 78.7 cm³/mol. The normalized spacial score (nSPS) is 19.4. The van der Waals surface area contributed by atoms with Crippen LogP contribution < -0.4 is 5.32 Å². The van der Waals surface area contributed by atoms with Gasteiger partial charge in [-0.2, -0.15) is 13.2 Å². The van der Waals surface area contributed by atoms with Crippen molar-refractivity contribution in [1.82, 2.24) is 10.2 Å². The van der Waals surface area contributed by atoms with Crippen LogP contribution in [0.4, 0.5) is 13.2 Å². The van der Waals surface area contributed by atoms with Crippen LogP contribution in [0.5, 0.6) is 0 Å². The van der Waals surface area contributed by atoms with E-state index in [4.69, 9.17) is 0 Å². The molecule has 122 valence electrons. The lowest BCUT2D eigenvalue weighted by molar-refractivity contribution is -0.137. The minimum absolute atomic E-state index is 0.0474. The lowest BCUT2D eigenvalue weighted by Gasteiger charge is -2.17. The van der Waals surface area contributed by atoms with Crippen molar-refractivity contribution < 1.29 is 18.0 Å². The zero-order chi connectivity index (χ0) is 16.2. The second kappa shape index (κ2) is 7.13. The van der Waals surface area contributed by atoms with Gasteiger partial charge in [-0.15, -0.1) is 0 Å². The number of alkyl halides is 3. The van der Waals surface area contributed by atoms with Crippen molar-refractivity contribution in [3.63, 3.8) is 0 Å². The number of halogens is 3. The molecule has 1 aromatic carbocycles. The summed E-state index contributed by atoms with van der Waals surface area (Å²) < 4.78 is 36.6. The van der Waals surface area contributed by atoms with E-state index in [1.54, 1.807) is 6.07 Å². The van der Waals surface area contributed by atoms with Crippen LogP contribution in [0, 0.1) is 12.8 Å². The van der Waals surface area contributed by atoms with Gasteiger partial charge >= 0.3 is 6.18 Å². The van der Waals surface area contributed by atoms with Gasteiger partial charge in [-0.3, -0.25) is 4.79 Å². The topological polar surface area (TPSA) is 32.3 Å². The van der Waals surface area contributed by atoms with Crippen LogP contribution in [-0.2, 0) is 0 Å². The number of aryl methyl sites for hydroxylation is 1. The highest BCUT2D eigenvalue weighted by atomic mass is 19.4. The van der Waals surface area contributed by atoms with E-state index in [1.807, 2.05) is 30.0 Å². The zero-order valence-electron chi connectivity index (χ0n) is 12.6. The Bertz CT molecular complexity index is 516. The fraction of sp³-hybridized carbons (Fsp3) is 0.562. The van der Waals surface area contributed by atoms with Crippen LogP contribution in [0.2, 0.25) is 0 Å². The van der Waals surface area contributed by atoms with Crippen molar-refractivity contribution in [2.24, 2.45) is 5.92 Å². The monoisotopic (exact) mass is 314 g/mol. The number of benzene rings is 1. The lowest BCUT2D eigenvalue weighted by Crippen LogP contribution is -2.32. The van der Waals surface area contributed by atoms with Gasteiger partial charge in [-0.1, -0.05) is 17.7 Å². The molecule has 2 rings (SSSR count). The molecule has 0 radical (unpaired) electrons. The molecular formula is C16H21F3N2O. The summed E-state index contributed by atoms with van der Waals surface area (Å²) in [5.74, 6) is 0.0967. The molecule has 1 aromatic rings. The summed E-state index contributed by atoms with van der Waals surface area (Å²) in [6.45, 7) is 3.76. The van der Waals surface area contributed by atoms with Crippen LogP contribution in [0.15, 0.2) is 24.3 Å². The summed E-state index contributed by atoms with van der Waals surface area (Å²) in [6.07, 6.45) is -4.04. The van der Waals surface area contributed by atoms with Crippen LogP contribution in [0.25, 0.3) is 0 Å². The molecule has 0 aliphatic carbocycles. The minimum atomic E-state index is -4.10. The fourth-order valence-corrected chi connectivity index (χ4v) is 2.69. The van der Waals surface area contributed by atoms with Gasteiger partial charge in [0.2, 0.25) is 0 Å². The standard InChI is InChI=1S/C16H21F3N2O/c1-12-3-2-4-14(9-12)15(22)20-10-13-5-7-21(11-13)8-6-16(17,18)19/h2-4,9,13H,5-8,10-11H2,1H3,(H,20,22)/t13-/m1/s1. The van der Waals surface area contributed by atoms with Crippen molar-refractivity contribution >= 4 is 5.91 Å². The third kappa shape index (κ3) is 5.33. The van der Waals surface area contributed by atoms with Gasteiger partial charge in [0.1, 0.15) is 0 Å². The number of nitrogens with zero attached hydrogens (tertiary/aromatic N) is 1. The Labute approximate surface area is 128 Å². The van der Waals surface area contributed by atoms with Gasteiger partial charge in [-0.25, -0.2) is 0 Å². The van der Waals surface area contributed by atoms with Gasteiger partial charge in [0.25, 0.3) is 5.91 Å². The van der Waals surface area contributed by atoms with Gasteiger partial charge in [0.15, 0.2) is 0 Å². The Hall–Kier alpha value is -1.56. The first kappa shape index (κ1) is 16.8. The molecule has 1 aliphatic heterocycles. The second-order valence-corrected chi connectivity index (χ2v) is 5.90. The number of likely N-dealkylation sites (tertiary alicyclic amines) is 1. The van der Waals surface area contributed by atoms with Crippen molar-refractivity contribution in [3.8, 4) is 0 Å². The van der Waals surface area contributed by atoms with Crippen LogP contribution >= 0.6 is 0 Å². The van der Waals surface area contributed by atoms with E-state index in [1.165, 1.54) is 0 Å². The molecule has 3 nitrogen and oxygen atoms in total. The number of carbonyl (C=O) groups is 1. The molecule has 0 bridgehead atoms. The molecule has 1 atom stereocenters. The molecule has 6 heteroatoms. The molecule has 1 aliphatic rings. The zero-order valence-corrected chi connectivity index (χ0v) is 12.6. The third-order valence-electron chi connectivity index (χ3n) is 3.91. The van der Waals surface area contributed by atoms with Gasteiger partial charge in [-0.05, 0) is 37.9 Å². The first-order valence-corrected chi connectivity index (χ1v) is 7.47. The smallest absolute Gasteiger partial charge is 0.352 e. The molecule has 0 aromatic heterocycles. The van der Waals surface area contributed by atoms with Gasteiger partial charge in [0, 0.05) is 25.2 Å². The molecule has 1 heterocycles. The van der Waals surface area contributed by atoms with E-state index in [0.29, 0.717) is 25.2 Å². The number of hydrogen-bond acceptors (Lipinski definition) is 2. The molecule has 0 saturated carbocycles. The molecule has 0 spiro atoms. The fourth-order valence-electron chi connectivity index (χ4n) is 2.69. The molecule has 22 heavy (non-hydrogen) atoms. The number of nitrogens with one attached hydrogen (secondary N) is 1. The number of carbonyl (C=O) groups excluding carboxylic acids is 1. The average molecular weight is 314 g/mol. The Morgan fingerprint density at radius 2 is 2.18 bits per heavy atom. The third-order valence-corrected chi connectivity index (χ3v) is 3.91. The van der Waals surface area contributed by atoms with E-state index in [9.17, 15) is 18.0 Å². The van der Waals surface area contributed by atoms with Crippen molar-refractivity contribution in [2.45, 2.75) is 25.9 Å². The maximum Gasteiger partial charge on any atom is 0.390 e. The summed E-state index contributed by atoms with van der Waals surface area (Å²) in [5, 5.41) is 2.87. The maximum atomic E-state index is 12.2. The molecule has 1 N–H and O–H groups in total. The van der Waals surface area contributed by atoms with E-state index < -0.39 is 12.6 Å². The van der Waals surface area contributed by atoms with E-state index in [0.717, 1.165) is 12.0 Å². The number of rotatable bonds is 5. The highest BCUT2D eigenvalue weighted by molar-refractivity contribution is 5.94. The quantitative estimate of drug-likeness (QED) is 0.906. The van der Waals surface area contributed by atoms with Crippen molar-refractivity contribution in [1.29, 1.82) is 0 Å². The summed E-state index contributed by atoms with van der Waals surface area (Å²) in [6, 6.07) is 7.33. The van der Waals surface area contributed by atoms with Crippen LogP contribution in [-0.4, -0.2) is 43.2 Å². The summed E-state index contributed by atoms with van der Waals surface area (Å²) >= 11 is 0. The van der Waals surface area contributed by atoms with E-state index in [2.05, 4.69) is 5.32 Å². The number of hydrogen-bond donors (Lipinski definition) is 1. The molecule has 0 unspecified atom stereocenters. The maximum absolute atomic E-state index is 12.2. The Balaban J connectivity index is 1.73. The lowest BCUT2D eigenvalue weighted by atomic mass is 10.1. The predicted octanol–water partition coefficient (Wildman–Crippen LogP) is 3.00. The molecule has 1 saturated heterocycles. The first-order valence-electron chi connectivity index (χ1n) is 7.47. The van der Waals surface area contributed by atoms with Crippen molar-refractivity contribution in [3.05, 3.63) is 35.4 Å². The SMILES string of the molecule is Cc1cccc(C(=O)NC[C@H]2CCN(CCC(F)(F)F)C2)c1. The van der Waals surface area contributed by atoms with E-state index >= 15 is 0 Å². The van der Waals surface area contributed by atoms with Crippen LogP contribution in [0.3, 0.4) is 0 Å². The summed E-state index contributed by atoms with van der Waals surface area (Å²) in [7, 11) is 0. The Morgan fingerprint density at radius 3 is 2.86 bits per heavy atom. The molecular weight excluding hydrogens is 293 g/mol. The summed E-state index contributed by atoms with van der Waals surface area (Å²) in [4.78, 5) is 13.8. The van der Waals surface area contributed by atoms with Gasteiger partial charge < -0.3 is 10.2 Å². The highest BCUT2D eigenvalue weighted by Crippen LogP contribution is 2.22. The van der Waals surface area contributed by atoms with Gasteiger partial charge in [0.05, 0.1) is 6.42 Å². The highest BCUT2D eigenvalue weighted by Gasteiger charge is 2.30. The van der Waals surface area contributed by atoms with Crippen LogP contribution in [0.1, 0.15) is 28.8 Å². The largest absolute Gasteiger partial charge is 0.390 e. The second-order valence-electron chi connectivity index (χ2n) is 5.90. The summed E-state index contributed by atoms with van der Waals surface area (Å²) in [5.41, 5.74) is 1.64. The first-order chi connectivity index (χ1) is 10.3. The molecule has 1 amide bonds. The van der Waals surface area contributed by atoms with E-state index in [-0.39, 0.29) is 18.4 Å². The minimum Gasteiger partial charge on any atom is -0.352 e. The van der Waals surface area contributed by atoms with Crippen molar-refractivity contribution in [2.75, 3.05) is 26.2 Å². The average Bonchev–Trinajstić information content (AvgIpc) is 2.90. The molecule has 1 fully saturated rings. The Kier molecular flexibility index (Phi) is 5.45. The Morgan fingerprint density at radius 1 is 1.41 bits per heavy atom.